The highest BCUT2D eigenvalue weighted by Gasteiger charge is 2.20. The summed E-state index contributed by atoms with van der Waals surface area (Å²) in [4.78, 5) is 25.5. The van der Waals surface area contributed by atoms with Crippen molar-refractivity contribution in [3.63, 3.8) is 0 Å². The molecule has 4 aromatic rings. The molecular weight excluding hydrogens is 414 g/mol. The number of hydrogen-bond donors (Lipinski definition) is 1. The Labute approximate surface area is 192 Å². The maximum absolute atomic E-state index is 13.0. The highest BCUT2D eigenvalue weighted by Crippen LogP contribution is 2.23. The van der Waals surface area contributed by atoms with Gasteiger partial charge in [0.15, 0.2) is 12.3 Å². The van der Waals surface area contributed by atoms with E-state index >= 15 is 0 Å². The average Bonchev–Trinajstić information content (AvgIpc) is 3.27. The van der Waals surface area contributed by atoms with Crippen molar-refractivity contribution in [1.29, 1.82) is 0 Å². The molecule has 0 saturated carbocycles. The first-order valence-corrected chi connectivity index (χ1v) is 10.7. The van der Waals surface area contributed by atoms with Crippen LogP contribution in [0.25, 0.3) is 16.9 Å². The molecule has 0 aliphatic rings. The molecule has 33 heavy (non-hydrogen) atoms. The SMILES string of the molecule is Cc1cc(C)c(NC(=O)COC(=O)c2cc(-c3ccccc3)nn2-c2ccccc2)c(C)c1. The molecule has 1 aromatic heterocycles. The molecule has 0 atom stereocenters. The lowest BCUT2D eigenvalue weighted by atomic mass is 10.1. The predicted molar refractivity (Wildman–Crippen MR) is 129 cm³/mol. The van der Waals surface area contributed by atoms with E-state index in [1.54, 1.807) is 6.07 Å². The molecular formula is C27H25N3O3. The maximum atomic E-state index is 13.0. The van der Waals surface area contributed by atoms with Crippen molar-refractivity contribution < 1.29 is 14.3 Å². The van der Waals surface area contributed by atoms with Crippen molar-refractivity contribution in [2.45, 2.75) is 20.8 Å². The fourth-order valence-corrected chi connectivity index (χ4v) is 3.80. The summed E-state index contributed by atoms with van der Waals surface area (Å²) in [7, 11) is 0. The standard InChI is InChI=1S/C27H25N3O3/c1-18-14-19(2)26(20(3)15-18)28-25(31)17-33-27(32)24-16-23(21-10-6-4-7-11-21)29-30(24)22-12-8-5-9-13-22/h4-16H,17H2,1-3H3,(H,28,31). The van der Waals surface area contributed by atoms with E-state index in [0.717, 1.165) is 33.6 Å². The number of esters is 1. The quantitative estimate of drug-likeness (QED) is 0.416. The molecule has 166 valence electrons. The van der Waals surface area contributed by atoms with E-state index < -0.39 is 18.5 Å². The van der Waals surface area contributed by atoms with Crippen molar-refractivity contribution in [2.75, 3.05) is 11.9 Å². The number of para-hydroxylation sites is 1. The van der Waals surface area contributed by atoms with Crippen LogP contribution < -0.4 is 5.32 Å². The Balaban J connectivity index is 1.54. The zero-order valence-electron chi connectivity index (χ0n) is 18.8. The Kier molecular flexibility index (Phi) is 6.36. The van der Waals surface area contributed by atoms with Gasteiger partial charge in [-0.3, -0.25) is 4.79 Å². The summed E-state index contributed by atoms with van der Waals surface area (Å²) >= 11 is 0. The van der Waals surface area contributed by atoms with Gasteiger partial charge in [0.1, 0.15) is 0 Å². The number of carbonyl (C=O) groups is 2. The molecule has 0 fully saturated rings. The van der Waals surface area contributed by atoms with Crippen LogP contribution in [0.15, 0.2) is 78.9 Å². The summed E-state index contributed by atoms with van der Waals surface area (Å²) in [6, 6.07) is 24.6. The Morgan fingerprint density at radius 3 is 2.12 bits per heavy atom. The fraction of sp³-hybridized carbons (Fsp3) is 0.148. The molecule has 4 rings (SSSR count). The molecule has 1 N–H and O–H groups in total. The van der Waals surface area contributed by atoms with Crippen LogP contribution in [0.4, 0.5) is 5.69 Å². The van der Waals surface area contributed by atoms with E-state index in [4.69, 9.17) is 4.74 Å². The minimum atomic E-state index is -0.624. The van der Waals surface area contributed by atoms with Crippen LogP contribution in [0.3, 0.4) is 0 Å². The smallest absolute Gasteiger partial charge is 0.357 e. The minimum Gasteiger partial charge on any atom is -0.451 e. The molecule has 6 heteroatoms. The average molecular weight is 440 g/mol. The lowest BCUT2D eigenvalue weighted by Gasteiger charge is -2.13. The van der Waals surface area contributed by atoms with E-state index in [0.29, 0.717) is 5.69 Å². The maximum Gasteiger partial charge on any atom is 0.357 e. The second-order valence-corrected chi connectivity index (χ2v) is 7.93. The van der Waals surface area contributed by atoms with E-state index in [2.05, 4.69) is 10.4 Å². The van der Waals surface area contributed by atoms with Crippen molar-refractivity contribution in [3.05, 3.63) is 101 Å². The van der Waals surface area contributed by atoms with Gasteiger partial charge in [-0.1, -0.05) is 66.2 Å². The molecule has 0 aliphatic carbocycles. The van der Waals surface area contributed by atoms with Crippen LogP contribution in [0.5, 0.6) is 0 Å². The zero-order chi connectivity index (χ0) is 23.4. The van der Waals surface area contributed by atoms with Crippen LogP contribution in [0.2, 0.25) is 0 Å². The number of nitrogens with zero attached hydrogens (tertiary/aromatic N) is 2. The highest BCUT2D eigenvalue weighted by atomic mass is 16.5. The third-order valence-corrected chi connectivity index (χ3v) is 5.26. The Morgan fingerprint density at radius 2 is 1.48 bits per heavy atom. The third kappa shape index (κ3) is 5.01. The number of anilines is 1. The van der Waals surface area contributed by atoms with Crippen LogP contribution in [-0.2, 0) is 9.53 Å². The lowest BCUT2D eigenvalue weighted by molar-refractivity contribution is -0.119. The van der Waals surface area contributed by atoms with Gasteiger partial charge in [0.25, 0.3) is 5.91 Å². The predicted octanol–water partition coefficient (Wildman–Crippen LogP) is 5.26. The van der Waals surface area contributed by atoms with Crippen LogP contribution >= 0.6 is 0 Å². The number of amides is 1. The largest absolute Gasteiger partial charge is 0.451 e. The van der Waals surface area contributed by atoms with Gasteiger partial charge in [0, 0.05) is 11.3 Å². The molecule has 1 heterocycles. The van der Waals surface area contributed by atoms with E-state index in [9.17, 15) is 9.59 Å². The summed E-state index contributed by atoms with van der Waals surface area (Å²) in [5.41, 5.74) is 6.27. The molecule has 0 aliphatic heterocycles. The van der Waals surface area contributed by atoms with Gasteiger partial charge >= 0.3 is 5.97 Å². The zero-order valence-corrected chi connectivity index (χ0v) is 18.8. The fourth-order valence-electron chi connectivity index (χ4n) is 3.80. The lowest BCUT2D eigenvalue weighted by Crippen LogP contribution is -2.23. The number of benzene rings is 3. The number of aryl methyl sites for hydroxylation is 3. The molecule has 6 nitrogen and oxygen atoms in total. The number of ether oxygens (including phenoxy) is 1. The summed E-state index contributed by atoms with van der Waals surface area (Å²) in [5, 5.41) is 7.46. The van der Waals surface area contributed by atoms with E-state index in [-0.39, 0.29) is 5.69 Å². The molecule has 0 radical (unpaired) electrons. The highest BCUT2D eigenvalue weighted by molar-refractivity contribution is 5.96. The molecule has 0 bridgehead atoms. The monoisotopic (exact) mass is 439 g/mol. The summed E-state index contributed by atoms with van der Waals surface area (Å²) in [6.45, 7) is 5.48. The van der Waals surface area contributed by atoms with Crippen molar-refractivity contribution in [2.24, 2.45) is 0 Å². The molecule has 3 aromatic carbocycles. The summed E-state index contributed by atoms with van der Waals surface area (Å²) in [5.74, 6) is -1.02. The number of carbonyl (C=O) groups excluding carboxylic acids is 2. The second kappa shape index (κ2) is 9.53. The van der Waals surface area contributed by atoms with Gasteiger partial charge in [0.05, 0.1) is 11.4 Å². The molecule has 0 spiro atoms. The van der Waals surface area contributed by atoms with Gasteiger partial charge in [-0.25, -0.2) is 9.48 Å². The first-order valence-electron chi connectivity index (χ1n) is 10.7. The van der Waals surface area contributed by atoms with Crippen LogP contribution in [-0.4, -0.2) is 28.3 Å². The van der Waals surface area contributed by atoms with E-state index in [1.807, 2.05) is 93.6 Å². The molecule has 1 amide bonds. The molecule has 0 unspecified atom stereocenters. The van der Waals surface area contributed by atoms with Crippen molar-refractivity contribution >= 4 is 17.6 Å². The van der Waals surface area contributed by atoms with Crippen molar-refractivity contribution in [1.82, 2.24) is 9.78 Å². The third-order valence-electron chi connectivity index (χ3n) is 5.26. The summed E-state index contributed by atoms with van der Waals surface area (Å²) < 4.78 is 6.90. The van der Waals surface area contributed by atoms with Gasteiger partial charge in [0.2, 0.25) is 0 Å². The number of aromatic nitrogens is 2. The topological polar surface area (TPSA) is 73.2 Å². The normalized spacial score (nSPS) is 10.6. The summed E-state index contributed by atoms with van der Waals surface area (Å²) in [6.07, 6.45) is 0. The molecule has 0 saturated heterocycles. The van der Waals surface area contributed by atoms with Gasteiger partial charge < -0.3 is 10.1 Å². The first-order chi connectivity index (χ1) is 15.9. The van der Waals surface area contributed by atoms with Crippen LogP contribution in [0, 0.1) is 20.8 Å². The van der Waals surface area contributed by atoms with Crippen molar-refractivity contribution in [3.8, 4) is 16.9 Å². The van der Waals surface area contributed by atoms with Crippen LogP contribution in [0.1, 0.15) is 27.2 Å². The van der Waals surface area contributed by atoms with E-state index in [1.165, 1.54) is 4.68 Å². The number of hydrogen-bond acceptors (Lipinski definition) is 4. The first kappa shape index (κ1) is 22.0. The van der Waals surface area contributed by atoms with Gasteiger partial charge in [-0.2, -0.15) is 5.10 Å². The van der Waals surface area contributed by atoms with Gasteiger partial charge in [-0.05, 0) is 50.1 Å². The second-order valence-electron chi connectivity index (χ2n) is 7.93. The van der Waals surface area contributed by atoms with Gasteiger partial charge in [-0.15, -0.1) is 0 Å². The number of rotatable bonds is 6. The Morgan fingerprint density at radius 1 is 0.879 bits per heavy atom. The Bertz CT molecular complexity index is 1270. The Hall–Kier alpha value is -4.19. The minimum absolute atomic E-state index is 0.246. The number of nitrogens with one attached hydrogen (secondary N) is 1.